The number of benzene rings is 2. The number of fused-ring (bicyclic) bond motifs is 1. The predicted molar refractivity (Wildman–Crippen MR) is 97.9 cm³/mol. The van der Waals surface area contributed by atoms with E-state index in [9.17, 15) is 24.6 Å². The number of hydrogen-bond acceptors (Lipinski definition) is 5. The average molecular weight is 367 g/mol. The Morgan fingerprint density at radius 2 is 1.74 bits per heavy atom. The molecule has 3 rings (SSSR count). The largest absolute Gasteiger partial charge is 0.508 e. The molecule has 0 aliphatic rings. The van der Waals surface area contributed by atoms with Crippen LogP contribution in [-0.2, 0) is 4.79 Å². The van der Waals surface area contributed by atoms with Gasteiger partial charge in [-0.2, -0.15) is 0 Å². The maximum atomic E-state index is 12.7. The summed E-state index contributed by atoms with van der Waals surface area (Å²) in [6.45, 7) is 3.49. The van der Waals surface area contributed by atoms with E-state index in [1.54, 1.807) is 25.1 Å². The number of nitrogens with one attached hydrogen (secondary N) is 1. The second-order valence-electron chi connectivity index (χ2n) is 6.23. The number of aliphatic carboxylic acids is 1. The Kier molecular flexibility index (Phi) is 4.68. The zero-order valence-electron chi connectivity index (χ0n) is 14.6. The van der Waals surface area contributed by atoms with Crippen molar-refractivity contribution in [1.29, 1.82) is 0 Å². The first-order valence-electron chi connectivity index (χ1n) is 8.14. The van der Waals surface area contributed by atoms with E-state index in [0.717, 1.165) is 5.56 Å². The number of carboxylic acids is 1. The van der Waals surface area contributed by atoms with Gasteiger partial charge in [-0.05, 0) is 49.2 Å². The van der Waals surface area contributed by atoms with Gasteiger partial charge in [-0.25, -0.2) is 9.59 Å². The molecule has 7 heteroatoms. The number of rotatable bonds is 4. The Labute approximate surface area is 153 Å². The van der Waals surface area contributed by atoms with E-state index in [0.29, 0.717) is 16.5 Å². The summed E-state index contributed by atoms with van der Waals surface area (Å²) in [7, 11) is 0. The summed E-state index contributed by atoms with van der Waals surface area (Å²) in [6, 6.07) is 9.24. The van der Waals surface area contributed by atoms with E-state index in [1.807, 2.05) is 6.92 Å². The Morgan fingerprint density at radius 1 is 1.07 bits per heavy atom. The molecule has 0 spiro atoms. The van der Waals surface area contributed by atoms with Crippen molar-refractivity contribution in [3.8, 4) is 5.75 Å². The van der Waals surface area contributed by atoms with Crippen LogP contribution in [0.15, 0.2) is 51.7 Å². The highest BCUT2D eigenvalue weighted by molar-refractivity contribution is 6.01. The molecule has 1 heterocycles. The van der Waals surface area contributed by atoms with Crippen LogP contribution in [0.5, 0.6) is 5.75 Å². The van der Waals surface area contributed by atoms with E-state index in [-0.39, 0.29) is 16.9 Å². The van der Waals surface area contributed by atoms with Crippen LogP contribution < -0.4 is 10.9 Å². The molecule has 27 heavy (non-hydrogen) atoms. The van der Waals surface area contributed by atoms with E-state index in [1.165, 1.54) is 24.3 Å². The summed E-state index contributed by atoms with van der Waals surface area (Å²) in [5.74, 6) is -2.17. The van der Waals surface area contributed by atoms with Gasteiger partial charge in [0.05, 0.1) is 0 Å². The number of carboxylic acid groups (broad SMARTS) is 1. The van der Waals surface area contributed by atoms with Gasteiger partial charge >= 0.3 is 11.6 Å². The van der Waals surface area contributed by atoms with Gasteiger partial charge in [-0.15, -0.1) is 0 Å². The van der Waals surface area contributed by atoms with E-state index in [2.05, 4.69) is 5.32 Å². The van der Waals surface area contributed by atoms with Gasteiger partial charge in [0.25, 0.3) is 5.91 Å². The average Bonchev–Trinajstić information content (AvgIpc) is 2.61. The Hall–Kier alpha value is -3.61. The molecular weight excluding hydrogens is 350 g/mol. The fourth-order valence-corrected chi connectivity index (χ4v) is 2.89. The first-order chi connectivity index (χ1) is 12.8. The highest BCUT2D eigenvalue weighted by Gasteiger charge is 2.26. The molecule has 3 N–H and O–H groups in total. The number of hydrogen-bond donors (Lipinski definition) is 3. The van der Waals surface area contributed by atoms with Crippen LogP contribution in [0.3, 0.4) is 0 Å². The molecule has 3 aromatic rings. The van der Waals surface area contributed by atoms with Crippen LogP contribution in [0.2, 0.25) is 0 Å². The fourth-order valence-electron chi connectivity index (χ4n) is 2.89. The maximum Gasteiger partial charge on any atom is 0.349 e. The van der Waals surface area contributed by atoms with Crippen LogP contribution >= 0.6 is 0 Å². The summed E-state index contributed by atoms with van der Waals surface area (Å²) >= 11 is 0. The normalized spacial score (nSPS) is 11.9. The summed E-state index contributed by atoms with van der Waals surface area (Å²) in [5, 5.41) is 21.8. The number of carbonyl (C=O) groups excluding carboxylic acids is 1. The predicted octanol–water partition coefficient (Wildman–Crippen LogP) is 2.67. The minimum absolute atomic E-state index is 0.0318. The van der Waals surface area contributed by atoms with Gasteiger partial charge in [0, 0.05) is 5.39 Å². The molecular formula is C20H17NO6. The summed E-state index contributed by atoms with van der Waals surface area (Å²) < 4.78 is 5.22. The van der Waals surface area contributed by atoms with Crippen LogP contribution in [-0.4, -0.2) is 22.1 Å². The second-order valence-corrected chi connectivity index (χ2v) is 6.23. The van der Waals surface area contributed by atoms with Gasteiger partial charge in [-0.1, -0.05) is 23.8 Å². The number of aromatic hydroxyl groups is 1. The summed E-state index contributed by atoms with van der Waals surface area (Å²) in [5.41, 5.74) is 0.880. The summed E-state index contributed by atoms with van der Waals surface area (Å²) in [6.07, 6.45) is 0. The minimum atomic E-state index is -1.38. The molecule has 0 bridgehead atoms. The molecule has 138 valence electrons. The van der Waals surface area contributed by atoms with Gasteiger partial charge in [-0.3, -0.25) is 4.79 Å². The van der Waals surface area contributed by atoms with Crippen molar-refractivity contribution in [1.82, 2.24) is 5.32 Å². The molecule has 0 saturated carbocycles. The number of carbonyl (C=O) groups is 2. The highest BCUT2D eigenvalue weighted by atomic mass is 16.4. The third kappa shape index (κ3) is 3.52. The Balaban J connectivity index is 2.03. The SMILES string of the molecule is Cc1ccc2oc(=O)c(C(=O)NC(C(=O)O)c3ccc(O)cc3)c(C)c2c1. The van der Waals surface area contributed by atoms with Crippen molar-refractivity contribution >= 4 is 22.8 Å². The van der Waals surface area contributed by atoms with Crippen molar-refractivity contribution in [3.05, 3.63) is 75.1 Å². The molecule has 1 atom stereocenters. The van der Waals surface area contributed by atoms with Crippen molar-refractivity contribution < 1.29 is 24.2 Å². The fraction of sp³-hybridized carbons (Fsp3) is 0.150. The molecule has 0 aliphatic carbocycles. The molecule has 0 radical (unpaired) electrons. The Bertz CT molecular complexity index is 1100. The third-order valence-corrected chi connectivity index (χ3v) is 4.30. The first-order valence-corrected chi connectivity index (χ1v) is 8.14. The lowest BCUT2D eigenvalue weighted by Gasteiger charge is -2.16. The Morgan fingerprint density at radius 3 is 2.37 bits per heavy atom. The molecule has 0 saturated heterocycles. The molecule has 2 aromatic carbocycles. The van der Waals surface area contributed by atoms with Crippen molar-refractivity contribution in [2.75, 3.05) is 0 Å². The van der Waals surface area contributed by atoms with Crippen molar-refractivity contribution in [3.63, 3.8) is 0 Å². The smallest absolute Gasteiger partial charge is 0.349 e. The van der Waals surface area contributed by atoms with Gasteiger partial charge in [0.15, 0.2) is 6.04 Å². The molecule has 1 aromatic heterocycles. The van der Waals surface area contributed by atoms with Gasteiger partial charge in [0.1, 0.15) is 16.9 Å². The quantitative estimate of drug-likeness (QED) is 0.611. The second kappa shape index (κ2) is 6.95. The number of aryl methyl sites for hydroxylation is 2. The van der Waals surface area contributed by atoms with Crippen molar-refractivity contribution in [2.45, 2.75) is 19.9 Å². The van der Waals surface area contributed by atoms with Crippen molar-refractivity contribution in [2.24, 2.45) is 0 Å². The lowest BCUT2D eigenvalue weighted by atomic mass is 10.0. The third-order valence-electron chi connectivity index (χ3n) is 4.30. The zero-order chi connectivity index (χ0) is 19.7. The topological polar surface area (TPSA) is 117 Å². The van der Waals surface area contributed by atoms with E-state index >= 15 is 0 Å². The standard InChI is InChI=1S/C20H17NO6/c1-10-3-8-15-14(9-10)11(2)16(20(26)27-15)18(23)21-17(19(24)25)12-4-6-13(22)7-5-12/h3-9,17,22H,1-2H3,(H,21,23)(H,24,25). The molecule has 0 aliphatic heterocycles. The molecule has 1 unspecified atom stereocenters. The van der Waals surface area contributed by atoms with Crippen LogP contribution in [0.25, 0.3) is 11.0 Å². The number of phenolic OH excluding ortho intramolecular Hbond substituents is 1. The maximum absolute atomic E-state index is 12.7. The first kappa shape index (κ1) is 18.2. The number of phenols is 1. The van der Waals surface area contributed by atoms with Crippen LogP contribution in [0.4, 0.5) is 0 Å². The minimum Gasteiger partial charge on any atom is -0.508 e. The van der Waals surface area contributed by atoms with E-state index < -0.39 is 23.5 Å². The molecule has 0 fully saturated rings. The lowest BCUT2D eigenvalue weighted by molar-refractivity contribution is -0.139. The van der Waals surface area contributed by atoms with Gasteiger partial charge in [0.2, 0.25) is 0 Å². The number of amides is 1. The van der Waals surface area contributed by atoms with Gasteiger partial charge < -0.3 is 19.9 Å². The molecule has 7 nitrogen and oxygen atoms in total. The summed E-state index contributed by atoms with van der Waals surface area (Å²) in [4.78, 5) is 36.6. The zero-order valence-corrected chi connectivity index (χ0v) is 14.6. The lowest BCUT2D eigenvalue weighted by Crippen LogP contribution is -2.36. The molecule has 1 amide bonds. The van der Waals surface area contributed by atoms with E-state index in [4.69, 9.17) is 4.42 Å². The monoisotopic (exact) mass is 367 g/mol. The highest BCUT2D eigenvalue weighted by Crippen LogP contribution is 2.22. The van der Waals surface area contributed by atoms with Crippen LogP contribution in [0, 0.1) is 13.8 Å². The van der Waals surface area contributed by atoms with Crippen LogP contribution in [0.1, 0.15) is 33.1 Å².